The highest BCUT2D eigenvalue weighted by molar-refractivity contribution is 5.89. The first-order valence-electron chi connectivity index (χ1n) is 5.80. The molecule has 90 valence electrons. The zero-order valence-electron chi connectivity index (χ0n) is 9.92. The van der Waals surface area contributed by atoms with Crippen LogP contribution in [0.15, 0.2) is 36.4 Å². The summed E-state index contributed by atoms with van der Waals surface area (Å²) >= 11 is 0. The number of hydrogen-bond acceptors (Lipinski definition) is 4. The molecule has 0 atom stereocenters. The predicted octanol–water partition coefficient (Wildman–Crippen LogP) is 2.89. The maximum atomic E-state index is 9.74. The van der Waals surface area contributed by atoms with Crippen molar-refractivity contribution in [2.75, 3.05) is 6.61 Å². The number of fused-ring (bicyclic) bond motifs is 2. The van der Waals surface area contributed by atoms with Crippen LogP contribution in [-0.2, 0) is 0 Å². The average molecular weight is 240 g/mol. The summed E-state index contributed by atoms with van der Waals surface area (Å²) in [6.45, 7) is 2.56. The van der Waals surface area contributed by atoms with Gasteiger partial charge in [-0.25, -0.2) is 9.97 Å². The summed E-state index contributed by atoms with van der Waals surface area (Å²) in [7, 11) is 0. The van der Waals surface area contributed by atoms with Crippen LogP contribution >= 0.6 is 0 Å². The molecule has 3 rings (SSSR count). The van der Waals surface area contributed by atoms with Crippen LogP contribution in [0.25, 0.3) is 22.1 Å². The van der Waals surface area contributed by atoms with Crippen molar-refractivity contribution in [3.05, 3.63) is 36.4 Å². The number of phenolic OH excluding ortho intramolecular Hbond substituents is 1. The molecule has 4 nitrogen and oxygen atoms in total. The highest BCUT2D eigenvalue weighted by Crippen LogP contribution is 2.25. The van der Waals surface area contributed by atoms with Gasteiger partial charge in [0.15, 0.2) is 0 Å². The second kappa shape index (κ2) is 4.14. The molecular weight excluding hydrogens is 228 g/mol. The van der Waals surface area contributed by atoms with Crippen molar-refractivity contribution in [3.63, 3.8) is 0 Å². The van der Waals surface area contributed by atoms with Gasteiger partial charge in [-0.15, -0.1) is 0 Å². The Morgan fingerprint density at radius 2 is 1.94 bits per heavy atom. The molecule has 0 radical (unpaired) electrons. The minimum Gasteiger partial charge on any atom is -0.506 e. The molecule has 0 aliphatic carbocycles. The van der Waals surface area contributed by atoms with Crippen LogP contribution in [0.3, 0.4) is 0 Å². The van der Waals surface area contributed by atoms with Gasteiger partial charge in [0.05, 0.1) is 23.2 Å². The predicted molar refractivity (Wildman–Crippen MR) is 69.9 cm³/mol. The molecule has 0 saturated heterocycles. The summed E-state index contributed by atoms with van der Waals surface area (Å²) in [5.74, 6) is 0.926. The highest BCUT2D eigenvalue weighted by atomic mass is 16.5. The van der Waals surface area contributed by atoms with Gasteiger partial charge < -0.3 is 9.84 Å². The van der Waals surface area contributed by atoms with E-state index in [1.165, 1.54) is 0 Å². The van der Waals surface area contributed by atoms with Gasteiger partial charge in [0, 0.05) is 6.07 Å². The van der Waals surface area contributed by atoms with E-state index < -0.39 is 0 Å². The molecule has 4 heteroatoms. The normalized spacial score (nSPS) is 10.9. The number of phenols is 1. The summed E-state index contributed by atoms with van der Waals surface area (Å²) in [5, 5.41) is 9.74. The van der Waals surface area contributed by atoms with E-state index in [2.05, 4.69) is 9.97 Å². The van der Waals surface area contributed by atoms with Gasteiger partial charge in [0.1, 0.15) is 17.0 Å². The Kier molecular flexibility index (Phi) is 2.48. The first-order chi connectivity index (χ1) is 8.78. The maximum Gasteiger partial charge on any atom is 0.143 e. The Labute approximate surface area is 104 Å². The number of hydrogen-bond donors (Lipinski definition) is 1. The fourth-order valence-corrected chi connectivity index (χ4v) is 1.92. The Hall–Kier alpha value is -2.36. The van der Waals surface area contributed by atoms with E-state index in [4.69, 9.17) is 4.74 Å². The molecule has 2 aromatic carbocycles. The van der Waals surface area contributed by atoms with E-state index in [-0.39, 0.29) is 5.75 Å². The summed E-state index contributed by atoms with van der Waals surface area (Å²) in [4.78, 5) is 8.89. The van der Waals surface area contributed by atoms with Crippen LogP contribution in [0.4, 0.5) is 0 Å². The molecule has 0 aliphatic heterocycles. The van der Waals surface area contributed by atoms with Gasteiger partial charge in [-0.3, -0.25) is 0 Å². The second-order valence-electron chi connectivity index (χ2n) is 3.95. The van der Waals surface area contributed by atoms with Crippen molar-refractivity contribution in [1.29, 1.82) is 0 Å². The van der Waals surface area contributed by atoms with E-state index >= 15 is 0 Å². The quantitative estimate of drug-likeness (QED) is 0.700. The largest absolute Gasteiger partial charge is 0.506 e. The van der Waals surface area contributed by atoms with E-state index in [1.54, 1.807) is 12.1 Å². The van der Waals surface area contributed by atoms with Crippen molar-refractivity contribution in [2.24, 2.45) is 0 Å². The van der Waals surface area contributed by atoms with Gasteiger partial charge in [-0.05, 0) is 31.2 Å². The van der Waals surface area contributed by atoms with E-state index in [0.29, 0.717) is 17.6 Å². The zero-order chi connectivity index (χ0) is 12.5. The standard InChI is InChI=1S/C14H12N2O2/c1-2-18-9-6-7-10-12(8-9)15-11-4-3-5-13(17)14(11)16-10/h3-8,17H,2H2,1H3. The second-order valence-corrected chi connectivity index (χ2v) is 3.95. The minimum absolute atomic E-state index is 0.149. The first-order valence-corrected chi connectivity index (χ1v) is 5.80. The highest BCUT2D eigenvalue weighted by Gasteiger charge is 2.06. The van der Waals surface area contributed by atoms with Crippen LogP contribution in [-0.4, -0.2) is 21.7 Å². The smallest absolute Gasteiger partial charge is 0.143 e. The molecule has 1 heterocycles. The Bertz CT molecular complexity index is 725. The minimum atomic E-state index is 0.149. The number of aromatic nitrogens is 2. The zero-order valence-corrected chi connectivity index (χ0v) is 9.92. The van der Waals surface area contributed by atoms with Gasteiger partial charge in [0.25, 0.3) is 0 Å². The van der Waals surface area contributed by atoms with E-state index in [9.17, 15) is 5.11 Å². The molecule has 0 amide bonds. The molecule has 0 bridgehead atoms. The van der Waals surface area contributed by atoms with Crippen molar-refractivity contribution < 1.29 is 9.84 Å². The molecule has 0 saturated carbocycles. The first kappa shape index (κ1) is 10.8. The molecule has 0 aliphatic rings. The van der Waals surface area contributed by atoms with Crippen LogP contribution < -0.4 is 4.74 Å². The Morgan fingerprint density at radius 3 is 2.78 bits per heavy atom. The Balaban J connectivity index is 2.28. The summed E-state index contributed by atoms with van der Waals surface area (Å²) in [5.41, 5.74) is 2.71. The van der Waals surface area contributed by atoms with Gasteiger partial charge in [-0.1, -0.05) is 6.07 Å². The van der Waals surface area contributed by atoms with Crippen molar-refractivity contribution in [3.8, 4) is 11.5 Å². The van der Waals surface area contributed by atoms with Crippen molar-refractivity contribution >= 4 is 22.1 Å². The lowest BCUT2D eigenvalue weighted by atomic mass is 10.2. The fourth-order valence-electron chi connectivity index (χ4n) is 1.92. The number of ether oxygens (including phenoxy) is 1. The lowest BCUT2D eigenvalue weighted by molar-refractivity contribution is 0.340. The number of rotatable bonds is 2. The molecule has 0 unspecified atom stereocenters. The summed E-state index contributed by atoms with van der Waals surface area (Å²) in [6, 6.07) is 10.7. The number of benzene rings is 2. The third kappa shape index (κ3) is 1.72. The van der Waals surface area contributed by atoms with Crippen LogP contribution in [0.5, 0.6) is 11.5 Å². The van der Waals surface area contributed by atoms with Gasteiger partial charge >= 0.3 is 0 Å². The summed E-state index contributed by atoms with van der Waals surface area (Å²) < 4.78 is 5.43. The maximum absolute atomic E-state index is 9.74. The van der Waals surface area contributed by atoms with Gasteiger partial charge in [-0.2, -0.15) is 0 Å². The van der Waals surface area contributed by atoms with Gasteiger partial charge in [0.2, 0.25) is 0 Å². The topological polar surface area (TPSA) is 55.2 Å². The lowest BCUT2D eigenvalue weighted by Gasteiger charge is -2.05. The average Bonchev–Trinajstić information content (AvgIpc) is 2.38. The van der Waals surface area contributed by atoms with Crippen molar-refractivity contribution in [1.82, 2.24) is 9.97 Å². The SMILES string of the molecule is CCOc1ccc2nc3c(O)cccc3nc2c1. The molecule has 18 heavy (non-hydrogen) atoms. The number of aromatic hydroxyl groups is 1. The lowest BCUT2D eigenvalue weighted by Crippen LogP contribution is -1.93. The molecule has 1 N–H and O–H groups in total. The summed E-state index contributed by atoms with van der Waals surface area (Å²) in [6.07, 6.45) is 0. The number of para-hydroxylation sites is 1. The number of nitrogens with zero attached hydrogens (tertiary/aromatic N) is 2. The molecular formula is C14H12N2O2. The monoisotopic (exact) mass is 240 g/mol. The van der Waals surface area contributed by atoms with Crippen molar-refractivity contribution in [2.45, 2.75) is 6.92 Å². The van der Waals surface area contributed by atoms with E-state index in [0.717, 1.165) is 16.8 Å². The molecule has 3 aromatic rings. The van der Waals surface area contributed by atoms with E-state index in [1.807, 2.05) is 31.2 Å². The Morgan fingerprint density at radius 1 is 1.06 bits per heavy atom. The molecule has 0 spiro atoms. The van der Waals surface area contributed by atoms with Crippen LogP contribution in [0.1, 0.15) is 6.92 Å². The van der Waals surface area contributed by atoms with Crippen LogP contribution in [0.2, 0.25) is 0 Å². The molecule has 0 fully saturated rings. The third-order valence-electron chi connectivity index (χ3n) is 2.72. The molecule has 1 aromatic heterocycles. The fraction of sp³-hybridized carbons (Fsp3) is 0.143. The third-order valence-corrected chi connectivity index (χ3v) is 2.72. The van der Waals surface area contributed by atoms with Crippen LogP contribution in [0, 0.1) is 0 Å².